The van der Waals surface area contributed by atoms with Gasteiger partial charge < -0.3 is 10.2 Å². The van der Waals surface area contributed by atoms with Gasteiger partial charge in [0.05, 0.1) is 23.8 Å². The minimum Gasteiger partial charge on any atom is -0.440 e. The number of nitrogen functional groups attached to an aromatic ring is 1. The van der Waals surface area contributed by atoms with Gasteiger partial charge in [-0.1, -0.05) is 30.3 Å². The van der Waals surface area contributed by atoms with E-state index in [2.05, 4.69) is 9.97 Å². The second-order valence-electron chi connectivity index (χ2n) is 4.19. The number of nitrogens with two attached hydrogens (primary N) is 1. The molecule has 0 amide bonds. The molecule has 2 aromatic heterocycles. The second kappa shape index (κ2) is 5.79. The van der Waals surface area contributed by atoms with Crippen molar-refractivity contribution in [2.24, 2.45) is 0 Å². The van der Waals surface area contributed by atoms with E-state index in [1.165, 1.54) is 0 Å². The monoisotopic (exact) mass is 283 g/mol. The van der Waals surface area contributed by atoms with Crippen molar-refractivity contribution in [1.29, 1.82) is 0 Å². The van der Waals surface area contributed by atoms with Gasteiger partial charge in [0.15, 0.2) is 5.76 Å². The number of oxazole rings is 1. The molecule has 0 bridgehead atoms. The number of pyridine rings is 1. The van der Waals surface area contributed by atoms with E-state index in [-0.39, 0.29) is 0 Å². The number of anilines is 1. The van der Waals surface area contributed by atoms with Crippen LogP contribution >= 0.6 is 11.8 Å². The first kappa shape index (κ1) is 12.7. The first-order valence-corrected chi connectivity index (χ1v) is 7.14. The van der Waals surface area contributed by atoms with Crippen LogP contribution in [0, 0.1) is 0 Å². The zero-order valence-electron chi connectivity index (χ0n) is 10.7. The van der Waals surface area contributed by atoms with Gasteiger partial charge in [-0.2, -0.15) is 0 Å². The molecule has 0 saturated heterocycles. The smallest absolute Gasteiger partial charge is 0.205 e. The molecule has 2 N–H and O–H groups in total. The number of nitrogens with zero attached hydrogens (tertiary/aromatic N) is 2. The fourth-order valence-electron chi connectivity index (χ4n) is 1.78. The standard InChI is InChI=1S/C15H13N3OS/c16-12-8-17-7-6-14(12)20-10-15-18-9-13(19-15)11-4-2-1-3-5-11/h1-9H,10,16H2. The molecule has 1 aromatic carbocycles. The molecule has 0 atom stereocenters. The third-order valence-corrected chi connectivity index (χ3v) is 3.85. The summed E-state index contributed by atoms with van der Waals surface area (Å²) in [5.74, 6) is 2.11. The van der Waals surface area contributed by atoms with Crippen molar-refractivity contribution in [1.82, 2.24) is 9.97 Å². The lowest BCUT2D eigenvalue weighted by molar-refractivity contribution is 0.530. The van der Waals surface area contributed by atoms with E-state index < -0.39 is 0 Å². The lowest BCUT2D eigenvalue weighted by Crippen LogP contribution is -1.89. The molecule has 2 heterocycles. The average Bonchev–Trinajstić information content (AvgIpc) is 2.96. The van der Waals surface area contributed by atoms with Crippen LogP contribution in [0.5, 0.6) is 0 Å². The van der Waals surface area contributed by atoms with Gasteiger partial charge in [0, 0.05) is 16.7 Å². The van der Waals surface area contributed by atoms with Crippen LogP contribution in [0.2, 0.25) is 0 Å². The third-order valence-electron chi connectivity index (χ3n) is 2.77. The van der Waals surface area contributed by atoms with E-state index in [0.717, 1.165) is 16.2 Å². The Bertz CT molecular complexity index is 697. The van der Waals surface area contributed by atoms with Gasteiger partial charge in [0.2, 0.25) is 5.89 Å². The molecule has 0 unspecified atom stereocenters. The Morgan fingerprint density at radius 3 is 2.75 bits per heavy atom. The first-order valence-electron chi connectivity index (χ1n) is 6.15. The van der Waals surface area contributed by atoms with Gasteiger partial charge >= 0.3 is 0 Å². The number of rotatable bonds is 4. The Kier molecular flexibility index (Phi) is 3.69. The SMILES string of the molecule is Nc1cnccc1SCc1ncc(-c2ccccc2)o1. The molecule has 3 aromatic rings. The molecule has 0 spiro atoms. The number of hydrogen-bond acceptors (Lipinski definition) is 5. The predicted octanol–water partition coefficient (Wildman–Crippen LogP) is 3.61. The molecule has 4 nitrogen and oxygen atoms in total. The zero-order valence-corrected chi connectivity index (χ0v) is 11.5. The van der Waals surface area contributed by atoms with Gasteiger partial charge in [0.1, 0.15) is 0 Å². The molecule has 0 fully saturated rings. The van der Waals surface area contributed by atoms with Gasteiger partial charge in [-0.3, -0.25) is 4.98 Å². The normalized spacial score (nSPS) is 10.6. The quantitative estimate of drug-likeness (QED) is 0.741. The summed E-state index contributed by atoms with van der Waals surface area (Å²) in [7, 11) is 0. The van der Waals surface area contributed by atoms with E-state index in [4.69, 9.17) is 10.2 Å². The molecule has 0 aliphatic heterocycles. The molecule has 0 radical (unpaired) electrons. The highest BCUT2D eigenvalue weighted by molar-refractivity contribution is 7.98. The highest BCUT2D eigenvalue weighted by atomic mass is 32.2. The molecule has 100 valence electrons. The largest absolute Gasteiger partial charge is 0.440 e. The van der Waals surface area contributed by atoms with Gasteiger partial charge in [-0.25, -0.2) is 4.98 Å². The molecule has 3 rings (SSSR count). The maximum atomic E-state index is 5.85. The maximum absolute atomic E-state index is 5.85. The number of aromatic nitrogens is 2. The number of hydrogen-bond donors (Lipinski definition) is 1. The fourth-order valence-corrected chi connectivity index (χ4v) is 2.57. The summed E-state index contributed by atoms with van der Waals surface area (Å²) in [6.07, 6.45) is 5.12. The summed E-state index contributed by atoms with van der Waals surface area (Å²) < 4.78 is 5.74. The zero-order chi connectivity index (χ0) is 13.8. The molecular formula is C15H13N3OS. The van der Waals surface area contributed by atoms with Crippen molar-refractivity contribution in [3.8, 4) is 11.3 Å². The van der Waals surface area contributed by atoms with Crippen LogP contribution in [0.3, 0.4) is 0 Å². The predicted molar refractivity (Wildman–Crippen MR) is 80.1 cm³/mol. The van der Waals surface area contributed by atoms with E-state index in [0.29, 0.717) is 17.3 Å². The van der Waals surface area contributed by atoms with Crippen LogP contribution in [0.4, 0.5) is 5.69 Å². The molecule has 0 saturated carbocycles. The van der Waals surface area contributed by atoms with Crippen LogP contribution in [-0.4, -0.2) is 9.97 Å². The number of benzene rings is 1. The Labute approximate surface area is 121 Å². The highest BCUT2D eigenvalue weighted by Gasteiger charge is 2.07. The molecule has 20 heavy (non-hydrogen) atoms. The average molecular weight is 283 g/mol. The van der Waals surface area contributed by atoms with Crippen molar-refractivity contribution in [2.45, 2.75) is 10.6 Å². The summed E-state index contributed by atoms with van der Waals surface area (Å²) in [6, 6.07) is 11.8. The highest BCUT2D eigenvalue weighted by Crippen LogP contribution is 2.28. The van der Waals surface area contributed by atoms with Crippen molar-refractivity contribution in [2.75, 3.05) is 5.73 Å². The third kappa shape index (κ3) is 2.83. The Morgan fingerprint density at radius 2 is 1.95 bits per heavy atom. The minimum atomic E-state index is 0.640. The maximum Gasteiger partial charge on any atom is 0.205 e. The summed E-state index contributed by atoms with van der Waals surface area (Å²) in [4.78, 5) is 9.25. The fraction of sp³-hybridized carbons (Fsp3) is 0.0667. The van der Waals surface area contributed by atoms with Crippen LogP contribution < -0.4 is 5.73 Å². The van der Waals surface area contributed by atoms with Crippen LogP contribution in [0.15, 0.2) is 64.3 Å². The van der Waals surface area contributed by atoms with Gasteiger partial charge in [-0.05, 0) is 6.07 Å². The molecular weight excluding hydrogens is 270 g/mol. The topological polar surface area (TPSA) is 64.9 Å². The molecule has 0 aliphatic carbocycles. The van der Waals surface area contributed by atoms with Gasteiger partial charge in [-0.15, -0.1) is 11.8 Å². The van der Waals surface area contributed by atoms with Crippen LogP contribution in [0.1, 0.15) is 5.89 Å². The summed E-state index contributed by atoms with van der Waals surface area (Å²) in [6.45, 7) is 0. The lowest BCUT2D eigenvalue weighted by atomic mass is 10.2. The second-order valence-corrected chi connectivity index (χ2v) is 5.20. The van der Waals surface area contributed by atoms with E-state index in [9.17, 15) is 0 Å². The number of thioether (sulfide) groups is 1. The van der Waals surface area contributed by atoms with Crippen molar-refractivity contribution >= 4 is 17.4 Å². The minimum absolute atomic E-state index is 0.640. The summed E-state index contributed by atoms with van der Waals surface area (Å²) in [5, 5.41) is 0. The van der Waals surface area contributed by atoms with Gasteiger partial charge in [0.25, 0.3) is 0 Å². The Hall–Kier alpha value is -2.27. The van der Waals surface area contributed by atoms with Crippen molar-refractivity contribution in [3.63, 3.8) is 0 Å². The lowest BCUT2D eigenvalue weighted by Gasteiger charge is -2.01. The van der Waals surface area contributed by atoms with Crippen molar-refractivity contribution < 1.29 is 4.42 Å². The Balaban J connectivity index is 1.71. The molecule has 0 aliphatic rings. The van der Waals surface area contributed by atoms with E-state index >= 15 is 0 Å². The van der Waals surface area contributed by atoms with Crippen LogP contribution in [-0.2, 0) is 5.75 Å². The van der Waals surface area contributed by atoms with E-state index in [1.807, 2.05) is 36.4 Å². The summed E-state index contributed by atoms with van der Waals surface area (Å²) >= 11 is 1.59. The molecule has 5 heteroatoms. The van der Waals surface area contributed by atoms with Crippen molar-refractivity contribution in [3.05, 3.63) is 60.9 Å². The van der Waals surface area contributed by atoms with Crippen LogP contribution in [0.25, 0.3) is 11.3 Å². The summed E-state index contributed by atoms with van der Waals surface area (Å²) in [5.41, 5.74) is 7.55. The first-order chi connectivity index (χ1) is 9.83. The van der Waals surface area contributed by atoms with E-state index in [1.54, 1.807) is 30.4 Å². The Morgan fingerprint density at radius 1 is 1.10 bits per heavy atom.